The second kappa shape index (κ2) is 6.27. The summed E-state index contributed by atoms with van der Waals surface area (Å²) in [6.07, 6.45) is 0. The maximum atomic E-state index is 11.3. The third kappa shape index (κ3) is 3.11. The van der Waals surface area contributed by atoms with Gasteiger partial charge >= 0.3 is 11.9 Å². The smallest absolute Gasteiger partial charge is 0.336 e. The molecule has 3 aromatic carbocycles. The molecule has 0 atom stereocenters. The Morgan fingerprint density at radius 1 is 0.750 bits per heavy atom. The molecule has 0 aliphatic rings. The van der Waals surface area contributed by atoms with Crippen molar-refractivity contribution in [3.63, 3.8) is 0 Å². The fourth-order valence-electron chi connectivity index (χ4n) is 2.37. The van der Waals surface area contributed by atoms with Crippen LogP contribution in [-0.4, -0.2) is 22.2 Å². The van der Waals surface area contributed by atoms with Gasteiger partial charge in [-0.25, -0.2) is 9.59 Å². The Bertz CT molecular complexity index is 1020. The molecule has 0 unspecified atom stereocenters. The van der Waals surface area contributed by atoms with Gasteiger partial charge in [-0.2, -0.15) is 0 Å². The molecule has 116 valence electrons. The number of carboxylic acids is 2. The van der Waals surface area contributed by atoms with Crippen LogP contribution in [0.4, 0.5) is 0 Å². The molecule has 4 nitrogen and oxygen atoms in total. The predicted molar refractivity (Wildman–Crippen MR) is 90.3 cm³/mol. The van der Waals surface area contributed by atoms with Crippen LogP contribution in [0.1, 0.15) is 31.8 Å². The topological polar surface area (TPSA) is 74.6 Å². The van der Waals surface area contributed by atoms with Crippen LogP contribution in [-0.2, 0) is 0 Å². The van der Waals surface area contributed by atoms with Crippen LogP contribution in [0, 0.1) is 11.8 Å². The first-order chi connectivity index (χ1) is 11.5. The summed E-state index contributed by atoms with van der Waals surface area (Å²) in [5.41, 5.74) is 0.887. The number of fused-ring (bicyclic) bond motifs is 1. The molecule has 3 aromatic rings. The van der Waals surface area contributed by atoms with Gasteiger partial charge in [-0.05, 0) is 41.1 Å². The summed E-state index contributed by atoms with van der Waals surface area (Å²) in [6, 6.07) is 17.3. The standard InChI is InChI=1S/C20H12O4/c21-19(22)17-9-10-18(20(23)24)16(12-17)8-6-13-5-7-14-3-1-2-4-15(14)11-13/h1-5,7,9-12H,(H,21,22)(H,23,24). The molecule has 0 saturated carbocycles. The van der Waals surface area contributed by atoms with Crippen molar-refractivity contribution in [3.8, 4) is 11.8 Å². The van der Waals surface area contributed by atoms with Gasteiger partial charge < -0.3 is 10.2 Å². The SMILES string of the molecule is O=C(O)c1ccc(C(=O)O)c(C#Cc2ccc3ccccc3c2)c1. The number of rotatable bonds is 2. The molecule has 0 bridgehead atoms. The fraction of sp³-hybridized carbons (Fsp3) is 0. The highest BCUT2D eigenvalue weighted by Crippen LogP contribution is 2.16. The van der Waals surface area contributed by atoms with Crippen LogP contribution in [0.5, 0.6) is 0 Å². The zero-order chi connectivity index (χ0) is 17.1. The number of carboxylic acid groups (broad SMARTS) is 2. The maximum absolute atomic E-state index is 11.3. The summed E-state index contributed by atoms with van der Waals surface area (Å²) >= 11 is 0. The van der Waals surface area contributed by atoms with Gasteiger partial charge in [0, 0.05) is 11.1 Å². The molecule has 0 aromatic heterocycles. The molecule has 0 spiro atoms. The molecule has 0 aliphatic heterocycles. The average molecular weight is 316 g/mol. The third-order valence-electron chi connectivity index (χ3n) is 3.59. The highest BCUT2D eigenvalue weighted by atomic mass is 16.4. The Balaban J connectivity index is 2.06. The summed E-state index contributed by atoms with van der Waals surface area (Å²) < 4.78 is 0. The van der Waals surface area contributed by atoms with Crippen LogP contribution in [0.15, 0.2) is 60.7 Å². The summed E-state index contributed by atoms with van der Waals surface area (Å²) in [5.74, 6) is 3.42. The fourth-order valence-corrected chi connectivity index (χ4v) is 2.37. The minimum Gasteiger partial charge on any atom is -0.478 e. The van der Waals surface area contributed by atoms with Crippen LogP contribution in [0.2, 0.25) is 0 Å². The van der Waals surface area contributed by atoms with E-state index in [4.69, 9.17) is 5.11 Å². The molecule has 3 rings (SSSR count). The molecule has 0 aliphatic carbocycles. The van der Waals surface area contributed by atoms with Crippen molar-refractivity contribution in [1.82, 2.24) is 0 Å². The monoisotopic (exact) mass is 316 g/mol. The van der Waals surface area contributed by atoms with Crippen molar-refractivity contribution < 1.29 is 19.8 Å². The number of hydrogen-bond acceptors (Lipinski definition) is 2. The lowest BCUT2D eigenvalue weighted by Crippen LogP contribution is -2.03. The zero-order valence-electron chi connectivity index (χ0n) is 12.5. The Hall–Kier alpha value is -3.58. The van der Waals surface area contributed by atoms with Crippen LogP contribution in [0.3, 0.4) is 0 Å². The highest BCUT2D eigenvalue weighted by molar-refractivity contribution is 5.94. The summed E-state index contributed by atoms with van der Waals surface area (Å²) in [4.78, 5) is 22.3. The van der Waals surface area contributed by atoms with Crippen molar-refractivity contribution >= 4 is 22.7 Å². The van der Waals surface area contributed by atoms with Crippen LogP contribution >= 0.6 is 0 Å². The van der Waals surface area contributed by atoms with E-state index < -0.39 is 11.9 Å². The van der Waals surface area contributed by atoms with E-state index >= 15 is 0 Å². The molecule has 4 heteroatoms. The Morgan fingerprint density at radius 2 is 1.50 bits per heavy atom. The molecular weight excluding hydrogens is 304 g/mol. The van der Waals surface area contributed by atoms with Crippen molar-refractivity contribution in [2.75, 3.05) is 0 Å². The predicted octanol–water partition coefficient (Wildman–Crippen LogP) is 3.64. The van der Waals surface area contributed by atoms with Crippen LogP contribution in [0.25, 0.3) is 10.8 Å². The van der Waals surface area contributed by atoms with Gasteiger partial charge in [-0.15, -0.1) is 0 Å². The third-order valence-corrected chi connectivity index (χ3v) is 3.59. The lowest BCUT2D eigenvalue weighted by Gasteiger charge is -2.01. The van der Waals surface area contributed by atoms with E-state index in [1.807, 2.05) is 42.5 Å². The van der Waals surface area contributed by atoms with Gasteiger partial charge in [-0.1, -0.05) is 42.2 Å². The van der Waals surface area contributed by atoms with Gasteiger partial charge in [0.25, 0.3) is 0 Å². The lowest BCUT2D eigenvalue weighted by molar-refractivity contribution is 0.0681. The van der Waals surface area contributed by atoms with E-state index in [2.05, 4.69) is 11.8 Å². The first-order valence-corrected chi connectivity index (χ1v) is 7.16. The highest BCUT2D eigenvalue weighted by Gasteiger charge is 2.12. The van der Waals surface area contributed by atoms with Crippen molar-refractivity contribution in [1.29, 1.82) is 0 Å². The first-order valence-electron chi connectivity index (χ1n) is 7.16. The molecule has 0 heterocycles. The second-order valence-corrected chi connectivity index (χ2v) is 5.18. The van der Waals surface area contributed by atoms with Crippen LogP contribution < -0.4 is 0 Å². The molecule has 0 saturated heterocycles. The minimum atomic E-state index is -1.14. The Labute approximate surface area is 138 Å². The average Bonchev–Trinajstić information content (AvgIpc) is 2.59. The van der Waals surface area contributed by atoms with Gasteiger partial charge in [0.1, 0.15) is 0 Å². The molecule has 24 heavy (non-hydrogen) atoms. The van der Waals surface area contributed by atoms with E-state index in [0.29, 0.717) is 0 Å². The Morgan fingerprint density at radius 3 is 2.21 bits per heavy atom. The summed E-state index contributed by atoms with van der Waals surface area (Å²) in [5, 5.41) is 20.4. The number of hydrogen-bond donors (Lipinski definition) is 2. The van der Waals surface area contributed by atoms with Crippen molar-refractivity contribution in [2.24, 2.45) is 0 Å². The van der Waals surface area contributed by atoms with E-state index in [9.17, 15) is 14.7 Å². The maximum Gasteiger partial charge on any atom is 0.336 e. The van der Waals surface area contributed by atoms with E-state index in [1.165, 1.54) is 18.2 Å². The van der Waals surface area contributed by atoms with E-state index in [0.717, 1.165) is 16.3 Å². The molecule has 0 fully saturated rings. The van der Waals surface area contributed by atoms with Gasteiger partial charge in [0.05, 0.1) is 11.1 Å². The largest absolute Gasteiger partial charge is 0.478 e. The first kappa shape index (κ1) is 15.3. The normalized spacial score (nSPS) is 10.0. The Kier molecular flexibility index (Phi) is 4.00. The number of benzene rings is 3. The van der Waals surface area contributed by atoms with Gasteiger partial charge in [0.2, 0.25) is 0 Å². The zero-order valence-corrected chi connectivity index (χ0v) is 12.5. The van der Waals surface area contributed by atoms with Crippen molar-refractivity contribution in [3.05, 3.63) is 82.9 Å². The van der Waals surface area contributed by atoms with Crippen molar-refractivity contribution in [2.45, 2.75) is 0 Å². The quantitative estimate of drug-likeness (QED) is 0.708. The number of carbonyl (C=O) groups is 2. The second-order valence-electron chi connectivity index (χ2n) is 5.18. The molecule has 0 amide bonds. The molecule has 0 radical (unpaired) electrons. The van der Waals surface area contributed by atoms with Gasteiger partial charge in [-0.3, -0.25) is 0 Å². The summed E-state index contributed by atoms with van der Waals surface area (Å²) in [7, 11) is 0. The van der Waals surface area contributed by atoms with E-state index in [1.54, 1.807) is 0 Å². The molecule has 2 N–H and O–H groups in total. The number of aromatic carboxylic acids is 2. The lowest BCUT2D eigenvalue weighted by atomic mass is 10.0. The minimum absolute atomic E-state index is 0.00260. The molecular formula is C20H12O4. The van der Waals surface area contributed by atoms with Gasteiger partial charge in [0.15, 0.2) is 0 Å². The summed E-state index contributed by atoms with van der Waals surface area (Å²) in [6.45, 7) is 0. The van der Waals surface area contributed by atoms with E-state index in [-0.39, 0.29) is 16.7 Å².